The molecule has 0 saturated heterocycles. The van der Waals surface area contributed by atoms with Gasteiger partial charge in [0.1, 0.15) is 5.82 Å². The fraction of sp³-hybridized carbons (Fsp3) is 0.200. The summed E-state index contributed by atoms with van der Waals surface area (Å²) >= 11 is 0. The Morgan fingerprint density at radius 1 is 0.771 bits per heavy atom. The molecule has 3 aromatic rings. The van der Waals surface area contributed by atoms with E-state index >= 15 is 0 Å². The molecule has 35 heavy (non-hydrogen) atoms. The third kappa shape index (κ3) is 6.20. The van der Waals surface area contributed by atoms with Crippen LogP contribution in [-0.2, 0) is 19.7 Å². The van der Waals surface area contributed by atoms with E-state index in [9.17, 15) is 30.8 Å². The van der Waals surface area contributed by atoms with Gasteiger partial charge in [0.2, 0.25) is 0 Å². The molecule has 184 valence electrons. The number of aromatic carboxylic acids is 1. The van der Waals surface area contributed by atoms with Gasteiger partial charge in [-0.3, -0.25) is 4.79 Å². The Labute approximate surface area is 203 Å². The molecule has 0 aliphatic carbocycles. The lowest BCUT2D eigenvalue weighted by Gasteiger charge is -2.17. The summed E-state index contributed by atoms with van der Waals surface area (Å²) in [6.07, 6.45) is 0. The van der Waals surface area contributed by atoms with Crippen molar-refractivity contribution in [2.75, 3.05) is 11.5 Å². The minimum absolute atomic E-state index is 0.0824. The molecule has 0 aliphatic rings. The first-order chi connectivity index (χ1) is 16.3. The highest BCUT2D eigenvalue weighted by atomic mass is 32.2. The molecule has 0 saturated carbocycles. The van der Waals surface area contributed by atoms with Gasteiger partial charge in [-0.1, -0.05) is 41.5 Å². The zero-order chi connectivity index (χ0) is 26.0. The molecule has 0 aliphatic heterocycles. The maximum absolute atomic E-state index is 14.2. The van der Waals surface area contributed by atoms with Gasteiger partial charge in [0, 0.05) is 5.56 Å². The summed E-state index contributed by atoms with van der Waals surface area (Å²) in [7, 11) is -8.19. The fourth-order valence-electron chi connectivity index (χ4n) is 3.49. The van der Waals surface area contributed by atoms with Crippen LogP contribution in [0.3, 0.4) is 0 Å². The number of halogens is 1. The van der Waals surface area contributed by atoms with Gasteiger partial charge >= 0.3 is 5.97 Å². The van der Waals surface area contributed by atoms with E-state index in [1.54, 1.807) is 38.1 Å². The molecular formula is C25H23FO7S2. The van der Waals surface area contributed by atoms with Crippen molar-refractivity contribution in [2.45, 2.75) is 23.6 Å². The second kappa shape index (κ2) is 10.1. The van der Waals surface area contributed by atoms with E-state index in [1.807, 2.05) is 0 Å². The zero-order valence-electron chi connectivity index (χ0n) is 18.9. The van der Waals surface area contributed by atoms with Gasteiger partial charge in [-0.15, -0.1) is 0 Å². The van der Waals surface area contributed by atoms with Crippen LogP contribution in [0.4, 0.5) is 4.39 Å². The summed E-state index contributed by atoms with van der Waals surface area (Å²) in [4.78, 5) is 24.2. The molecular weight excluding hydrogens is 495 g/mol. The molecule has 0 fully saturated rings. The Morgan fingerprint density at radius 3 is 1.57 bits per heavy atom. The number of Topliss-reactive ketones (excluding diaryl/α,β-unsaturated/α-hetero) is 1. The summed E-state index contributed by atoms with van der Waals surface area (Å²) < 4.78 is 66.5. The molecule has 7 nitrogen and oxygen atoms in total. The molecule has 3 aromatic carbocycles. The first-order valence-corrected chi connectivity index (χ1v) is 13.8. The number of carbonyl (C=O) groups is 2. The van der Waals surface area contributed by atoms with E-state index in [4.69, 9.17) is 5.11 Å². The van der Waals surface area contributed by atoms with Gasteiger partial charge in [0.05, 0.1) is 32.8 Å². The average Bonchev–Trinajstić information content (AvgIpc) is 2.78. The molecule has 0 bridgehead atoms. The maximum Gasteiger partial charge on any atom is 0.338 e. The molecule has 0 radical (unpaired) electrons. The quantitative estimate of drug-likeness (QED) is 0.427. The molecule has 0 atom stereocenters. The number of carbonyl (C=O) groups excluding carboxylic acids is 1. The van der Waals surface area contributed by atoms with Crippen LogP contribution in [0.1, 0.15) is 31.8 Å². The fourth-order valence-corrected chi connectivity index (χ4v) is 6.72. The summed E-state index contributed by atoms with van der Waals surface area (Å²) in [6, 6.07) is 14.4. The van der Waals surface area contributed by atoms with E-state index in [0.717, 1.165) is 23.3 Å². The Morgan fingerprint density at radius 2 is 1.20 bits per heavy atom. The second-order valence-corrected chi connectivity index (χ2v) is 12.3. The van der Waals surface area contributed by atoms with E-state index in [1.165, 1.54) is 24.3 Å². The maximum atomic E-state index is 14.2. The first-order valence-electron chi connectivity index (χ1n) is 10.5. The van der Waals surface area contributed by atoms with Gasteiger partial charge in [-0.25, -0.2) is 26.0 Å². The van der Waals surface area contributed by atoms with Gasteiger partial charge in [-0.2, -0.15) is 0 Å². The van der Waals surface area contributed by atoms with Gasteiger partial charge in [0.15, 0.2) is 25.5 Å². The number of sulfone groups is 2. The van der Waals surface area contributed by atoms with Gasteiger partial charge in [0.25, 0.3) is 0 Å². The number of benzene rings is 3. The van der Waals surface area contributed by atoms with Crippen LogP contribution in [0.5, 0.6) is 0 Å². The number of hydrogen-bond acceptors (Lipinski definition) is 6. The SMILES string of the molecule is Cc1ccc(S(=O)(=O)CC(CS(=O)(=O)c2ccc(C)cc2)C(=O)c2ccc(C(=O)O)c(F)c2)cc1. The van der Waals surface area contributed by atoms with Crippen LogP contribution < -0.4 is 0 Å². The molecule has 0 aromatic heterocycles. The van der Waals surface area contributed by atoms with Crippen LogP contribution >= 0.6 is 0 Å². The average molecular weight is 519 g/mol. The van der Waals surface area contributed by atoms with Gasteiger partial charge < -0.3 is 5.11 Å². The van der Waals surface area contributed by atoms with E-state index in [0.29, 0.717) is 6.07 Å². The highest BCUT2D eigenvalue weighted by Crippen LogP contribution is 2.24. The third-order valence-electron chi connectivity index (χ3n) is 5.46. The van der Waals surface area contributed by atoms with Crippen molar-refractivity contribution >= 4 is 31.4 Å². The molecule has 1 N–H and O–H groups in total. The Bertz CT molecular complexity index is 1400. The number of carboxylic acids is 1. The number of aryl methyl sites for hydroxylation is 2. The summed E-state index contributed by atoms with van der Waals surface area (Å²) in [5.41, 5.74) is 0.633. The minimum atomic E-state index is -4.10. The van der Waals surface area contributed by atoms with Crippen LogP contribution in [-0.4, -0.2) is 45.2 Å². The molecule has 0 heterocycles. The normalized spacial score (nSPS) is 12.0. The van der Waals surface area contributed by atoms with E-state index in [-0.39, 0.29) is 15.4 Å². The summed E-state index contributed by atoms with van der Waals surface area (Å²) in [5.74, 6) is -6.88. The highest BCUT2D eigenvalue weighted by Gasteiger charge is 2.33. The van der Waals surface area contributed by atoms with Crippen molar-refractivity contribution in [3.05, 3.63) is 94.8 Å². The number of rotatable bonds is 9. The number of hydrogen-bond donors (Lipinski definition) is 1. The number of ketones is 1. The van der Waals surface area contributed by atoms with Gasteiger partial charge in [-0.05, 0) is 50.2 Å². The van der Waals surface area contributed by atoms with Crippen LogP contribution in [0.2, 0.25) is 0 Å². The Balaban J connectivity index is 2.03. The zero-order valence-corrected chi connectivity index (χ0v) is 20.6. The molecule has 10 heteroatoms. The molecule has 0 amide bonds. The first kappa shape index (κ1) is 26.2. The van der Waals surface area contributed by atoms with Crippen molar-refractivity contribution in [3.63, 3.8) is 0 Å². The van der Waals surface area contributed by atoms with Crippen LogP contribution in [0.15, 0.2) is 76.5 Å². The molecule has 3 rings (SSSR count). The minimum Gasteiger partial charge on any atom is -0.478 e. The van der Waals surface area contributed by atoms with Crippen LogP contribution in [0.25, 0.3) is 0 Å². The monoisotopic (exact) mass is 518 g/mol. The molecule has 0 spiro atoms. The summed E-state index contributed by atoms with van der Waals surface area (Å²) in [6.45, 7) is 3.54. The Kier molecular flexibility index (Phi) is 7.56. The predicted octanol–water partition coefficient (Wildman–Crippen LogP) is 3.89. The smallest absolute Gasteiger partial charge is 0.338 e. The standard InChI is InChI=1S/C25H23FO7S2/c1-16-3-8-20(9-4-16)34(30,31)14-19(15-35(32,33)21-10-5-17(2)6-11-21)24(27)18-7-12-22(25(28)29)23(26)13-18/h3-13,19H,14-15H2,1-2H3,(H,28,29). The third-order valence-corrected chi connectivity index (χ3v) is 9.12. The van der Waals surface area contributed by atoms with E-state index < -0.39 is 60.2 Å². The van der Waals surface area contributed by atoms with Crippen molar-refractivity contribution in [1.29, 1.82) is 0 Å². The summed E-state index contributed by atoms with van der Waals surface area (Å²) in [5, 5.41) is 9.02. The molecule has 0 unspecified atom stereocenters. The van der Waals surface area contributed by atoms with Crippen molar-refractivity contribution in [1.82, 2.24) is 0 Å². The Hall–Kier alpha value is -3.37. The largest absolute Gasteiger partial charge is 0.478 e. The lowest BCUT2D eigenvalue weighted by molar-refractivity contribution is 0.0691. The lowest BCUT2D eigenvalue weighted by Crippen LogP contribution is -2.31. The van der Waals surface area contributed by atoms with E-state index in [2.05, 4.69) is 0 Å². The topological polar surface area (TPSA) is 123 Å². The number of carboxylic acid groups (broad SMARTS) is 1. The highest BCUT2D eigenvalue weighted by molar-refractivity contribution is 7.92. The van der Waals surface area contributed by atoms with Crippen LogP contribution in [0, 0.1) is 25.6 Å². The predicted molar refractivity (Wildman–Crippen MR) is 128 cm³/mol. The van der Waals surface area contributed by atoms with Crippen molar-refractivity contribution in [2.24, 2.45) is 5.92 Å². The lowest BCUT2D eigenvalue weighted by atomic mass is 9.99. The van der Waals surface area contributed by atoms with Crippen molar-refractivity contribution in [3.8, 4) is 0 Å². The second-order valence-electron chi connectivity index (χ2n) is 8.25. The van der Waals surface area contributed by atoms with Crippen molar-refractivity contribution < 1.29 is 35.9 Å².